The lowest BCUT2D eigenvalue weighted by Gasteiger charge is -2.36. The predicted octanol–water partition coefficient (Wildman–Crippen LogP) is 1.67. The van der Waals surface area contributed by atoms with E-state index in [1.165, 1.54) is 7.11 Å². The van der Waals surface area contributed by atoms with Crippen molar-refractivity contribution in [2.24, 2.45) is 5.73 Å². The van der Waals surface area contributed by atoms with Crippen LogP contribution >= 0.6 is 35.6 Å². The molecule has 9 heteroatoms. The summed E-state index contributed by atoms with van der Waals surface area (Å²) in [5.74, 6) is -0.330. The van der Waals surface area contributed by atoms with E-state index >= 15 is 0 Å². The summed E-state index contributed by atoms with van der Waals surface area (Å²) >= 11 is 11.9. The molecule has 1 atom stereocenters. The van der Waals surface area contributed by atoms with Gasteiger partial charge in [0.2, 0.25) is 5.91 Å². The predicted molar refractivity (Wildman–Crippen MR) is 96.0 cm³/mol. The Kier molecular flexibility index (Phi) is 8.26. The lowest BCUT2D eigenvalue weighted by molar-refractivity contribution is -0.135. The molecule has 1 heterocycles. The molecule has 0 radical (unpaired) electrons. The van der Waals surface area contributed by atoms with Crippen LogP contribution in [0.1, 0.15) is 10.4 Å². The number of amides is 2. The van der Waals surface area contributed by atoms with Gasteiger partial charge in [0.05, 0.1) is 17.2 Å². The number of carbonyl (C=O) groups excluding carboxylic acids is 2. The number of hydrogen-bond acceptors (Lipinski definition) is 4. The van der Waals surface area contributed by atoms with Crippen molar-refractivity contribution in [1.82, 2.24) is 9.80 Å². The van der Waals surface area contributed by atoms with Gasteiger partial charge in [-0.05, 0) is 18.2 Å². The molecule has 1 aliphatic rings. The first-order chi connectivity index (χ1) is 10.9. The molecule has 0 spiro atoms. The van der Waals surface area contributed by atoms with Crippen molar-refractivity contribution < 1.29 is 14.3 Å². The number of nitrogens with zero attached hydrogens (tertiary/aromatic N) is 2. The molecule has 1 fully saturated rings. The van der Waals surface area contributed by atoms with E-state index in [-0.39, 0.29) is 30.8 Å². The fourth-order valence-electron chi connectivity index (χ4n) is 2.45. The Labute approximate surface area is 157 Å². The molecular formula is C15H20Cl3N3O3. The largest absolute Gasteiger partial charge is 0.383 e. The number of halogens is 3. The standard InChI is InChI=1S/C15H19Cl2N3O3.ClH/c1-23-9-13(18)15(22)20-6-4-19(5-7-20)14(21)11-3-2-10(16)8-12(11)17;/h2-3,8,13H,4-7,9,18H2,1H3;1H. The maximum atomic E-state index is 12.5. The third-order valence-corrected chi connectivity index (χ3v) is 4.25. The van der Waals surface area contributed by atoms with E-state index in [1.807, 2.05) is 0 Å². The van der Waals surface area contributed by atoms with Gasteiger partial charge in [0, 0.05) is 38.3 Å². The molecule has 1 saturated heterocycles. The van der Waals surface area contributed by atoms with Crippen LogP contribution in [-0.4, -0.2) is 67.6 Å². The number of benzene rings is 1. The Balaban J connectivity index is 0.00000288. The average molecular weight is 397 g/mol. The SMILES string of the molecule is COCC(N)C(=O)N1CCN(C(=O)c2ccc(Cl)cc2Cl)CC1.Cl. The summed E-state index contributed by atoms with van der Waals surface area (Å²) < 4.78 is 4.89. The molecule has 6 nitrogen and oxygen atoms in total. The Morgan fingerprint density at radius 2 is 1.79 bits per heavy atom. The highest BCUT2D eigenvalue weighted by atomic mass is 35.5. The average Bonchev–Trinajstić information content (AvgIpc) is 2.54. The van der Waals surface area contributed by atoms with E-state index in [4.69, 9.17) is 33.7 Å². The molecule has 24 heavy (non-hydrogen) atoms. The van der Waals surface area contributed by atoms with Crippen molar-refractivity contribution in [2.75, 3.05) is 39.9 Å². The smallest absolute Gasteiger partial charge is 0.255 e. The third kappa shape index (κ3) is 4.97. The fraction of sp³-hybridized carbons (Fsp3) is 0.467. The Morgan fingerprint density at radius 1 is 1.21 bits per heavy atom. The van der Waals surface area contributed by atoms with Gasteiger partial charge in [-0.3, -0.25) is 9.59 Å². The molecule has 2 amide bonds. The molecule has 1 unspecified atom stereocenters. The second kappa shape index (κ2) is 9.44. The molecule has 1 aromatic carbocycles. The molecule has 0 aliphatic carbocycles. The number of ether oxygens (including phenoxy) is 1. The van der Waals surface area contributed by atoms with Crippen LogP contribution < -0.4 is 5.73 Å². The van der Waals surface area contributed by atoms with Crippen LogP contribution in [0, 0.1) is 0 Å². The summed E-state index contributed by atoms with van der Waals surface area (Å²) in [5, 5.41) is 0.803. The quantitative estimate of drug-likeness (QED) is 0.840. The maximum absolute atomic E-state index is 12.5. The fourth-order valence-corrected chi connectivity index (χ4v) is 2.94. The minimum Gasteiger partial charge on any atom is -0.383 e. The first-order valence-electron chi connectivity index (χ1n) is 7.21. The van der Waals surface area contributed by atoms with E-state index in [2.05, 4.69) is 0 Å². The van der Waals surface area contributed by atoms with Gasteiger partial charge >= 0.3 is 0 Å². The van der Waals surface area contributed by atoms with Gasteiger partial charge in [-0.2, -0.15) is 0 Å². The monoisotopic (exact) mass is 395 g/mol. The molecular weight excluding hydrogens is 377 g/mol. The van der Waals surface area contributed by atoms with Crippen molar-refractivity contribution in [3.8, 4) is 0 Å². The van der Waals surface area contributed by atoms with Gasteiger partial charge in [0.1, 0.15) is 6.04 Å². The molecule has 2 rings (SSSR count). The van der Waals surface area contributed by atoms with Crippen LogP contribution in [0.25, 0.3) is 0 Å². The Hall–Kier alpha value is -1.05. The van der Waals surface area contributed by atoms with E-state index < -0.39 is 6.04 Å². The van der Waals surface area contributed by atoms with E-state index in [9.17, 15) is 9.59 Å². The van der Waals surface area contributed by atoms with Crippen LogP contribution in [0.4, 0.5) is 0 Å². The zero-order valence-electron chi connectivity index (χ0n) is 13.2. The van der Waals surface area contributed by atoms with Crippen molar-refractivity contribution >= 4 is 47.4 Å². The summed E-state index contributed by atoms with van der Waals surface area (Å²) in [4.78, 5) is 27.9. The third-order valence-electron chi connectivity index (χ3n) is 3.70. The Bertz CT molecular complexity index is 593. The number of methoxy groups -OCH3 is 1. The highest BCUT2D eigenvalue weighted by Gasteiger charge is 2.28. The molecule has 134 valence electrons. The van der Waals surface area contributed by atoms with Crippen LogP contribution in [0.2, 0.25) is 10.0 Å². The second-order valence-corrected chi connectivity index (χ2v) is 6.15. The van der Waals surface area contributed by atoms with E-state index in [1.54, 1.807) is 28.0 Å². The van der Waals surface area contributed by atoms with Crippen molar-refractivity contribution in [3.05, 3.63) is 33.8 Å². The topological polar surface area (TPSA) is 75.9 Å². The van der Waals surface area contributed by atoms with Crippen molar-refractivity contribution in [3.63, 3.8) is 0 Å². The summed E-state index contributed by atoms with van der Waals surface area (Å²) in [6.45, 7) is 1.92. The van der Waals surface area contributed by atoms with Crippen molar-refractivity contribution in [2.45, 2.75) is 6.04 Å². The Morgan fingerprint density at radius 3 is 2.33 bits per heavy atom. The number of rotatable bonds is 4. The van der Waals surface area contributed by atoms with Gasteiger partial charge in [0.15, 0.2) is 0 Å². The van der Waals surface area contributed by atoms with Crippen LogP contribution in [0.5, 0.6) is 0 Å². The molecule has 0 saturated carbocycles. The van der Waals surface area contributed by atoms with Gasteiger partial charge < -0.3 is 20.3 Å². The second-order valence-electron chi connectivity index (χ2n) is 5.30. The van der Waals surface area contributed by atoms with Gasteiger partial charge in [-0.15, -0.1) is 12.4 Å². The minimum atomic E-state index is -0.673. The zero-order chi connectivity index (χ0) is 17.0. The van der Waals surface area contributed by atoms with E-state index in [0.717, 1.165) is 0 Å². The number of piperazine rings is 1. The van der Waals surface area contributed by atoms with Gasteiger partial charge in [0.25, 0.3) is 5.91 Å². The van der Waals surface area contributed by atoms with Gasteiger partial charge in [-0.25, -0.2) is 0 Å². The van der Waals surface area contributed by atoms with Crippen LogP contribution in [0.15, 0.2) is 18.2 Å². The summed E-state index contributed by atoms with van der Waals surface area (Å²) in [7, 11) is 1.50. The molecule has 0 aromatic heterocycles. The summed E-state index contributed by atoms with van der Waals surface area (Å²) in [6.07, 6.45) is 0. The van der Waals surface area contributed by atoms with Gasteiger partial charge in [-0.1, -0.05) is 23.2 Å². The molecule has 0 bridgehead atoms. The minimum absolute atomic E-state index is 0. The normalized spacial score (nSPS) is 15.7. The highest BCUT2D eigenvalue weighted by Crippen LogP contribution is 2.22. The number of carbonyl (C=O) groups is 2. The lowest BCUT2D eigenvalue weighted by atomic mass is 10.1. The zero-order valence-corrected chi connectivity index (χ0v) is 15.5. The van der Waals surface area contributed by atoms with E-state index in [0.29, 0.717) is 41.8 Å². The van der Waals surface area contributed by atoms with Crippen LogP contribution in [-0.2, 0) is 9.53 Å². The van der Waals surface area contributed by atoms with Crippen LogP contribution in [0.3, 0.4) is 0 Å². The summed E-state index contributed by atoms with van der Waals surface area (Å²) in [5.41, 5.74) is 6.16. The highest BCUT2D eigenvalue weighted by molar-refractivity contribution is 6.36. The molecule has 2 N–H and O–H groups in total. The first-order valence-corrected chi connectivity index (χ1v) is 7.97. The summed E-state index contributed by atoms with van der Waals surface area (Å²) in [6, 6.07) is 4.11. The number of hydrogen-bond donors (Lipinski definition) is 1. The number of nitrogens with two attached hydrogens (primary N) is 1. The molecule has 1 aliphatic heterocycles. The van der Waals surface area contributed by atoms with Crippen molar-refractivity contribution in [1.29, 1.82) is 0 Å². The lowest BCUT2D eigenvalue weighted by Crippen LogP contribution is -2.55. The molecule has 1 aromatic rings. The first kappa shape index (κ1) is 21.0. The maximum Gasteiger partial charge on any atom is 0.255 e.